The second-order valence-electron chi connectivity index (χ2n) is 4.77. The number of nitriles is 1. The van der Waals surface area contributed by atoms with E-state index in [1.54, 1.807) is 6.07 Å². The number of hydrazine groups is 1. The maximum Gasteiger partial charge on any atom is 0.276 e. The third-order valence-electron chi connectivity index (χ3n) is 3.14. The van der Waals surface area contributed by atoms with Gasteiger partial charge in [-0.3, -0.25) is 10.2 Å². The van der Waals surface area contributed by atoms with Crippen molar-refractivity contribution >= 4 is 27.3 Å². The van der Waals surface area contributed by atoms with Crippen LogP contribution in [0.3, 0.4) is 0 Å². The highest BCUT2D eigenvalue weighted by molar-refractivity contribution is 7.89. The van der Waals surface area contributed by atoms with Gasteiger partial charge in [0.2, 0.25) is 0 Å². The van der Waals surface area contributed by atoms with Gasteiger partial charge in [0.05, 0.1) is 21.4 Å². The maximum absolute atomic E-state index is 12.1. The highest BCUT2D eigenvalue weighted by atomic mass is 32.2. The average molecular weight is 349 g/mol. The van der Waals surface area contributed by atoms with Crippen molar-refractivity contribution in [1.29, 1.82) is 5.26 Å². The number of carbonyl (C=O) groups excluding carboxylic acids is 1. The monoisotopic (exact) mass is 349 g/mol. The van der Waals surface area contributed by atoms with Crippen LogP contribution in [-0.4, -0.2) is 14.3 Å². The zero-order valence-electron chi connectivity index (χ0n) is 12.6. The number of hydrogen-bond donors (Lipinski definition) is 2. The predicted octanol–water partition coefficient (Wildman–Crippen LogP) is 2.11. The minimum absolute atomic E-state index is 0.0894. The topological polar surface area (TPSA) is 99.1 Å². The molecular weight excluding hydrogens is 334 g/mol. The van der Waals surface area contributed by atoms with Crippen molar-refractivity contribution in [2.45, 2.75) is 25.2 Å². The fraction of sp³-hybridized carbons (Fsp3) is 0.200. The number of benzene rings is 1. The summed E-state index contributed by atoms with van der Waals surface area (Å²) in [5, 5.41) is 8.81. The second kappa shape index (κ2) is 6.91. The number of nitrogens with one attached hydrogen (secondary N) is 2. The molecule has 0 aliphatic heterocycles. The van der Waals surface area contributed by atoms with Crippen molar-refractivity contribution in [3.8, 4) is 6.07 Å². The van der Waals surface area contributed by atoms with E-state index in [-0.39, 0.29) is 10.5 Å². The first-order valence-electron chi connectivity index (χ1n) is 6.79. The van der Waals surface area contributed by atoms with Crippen LogP contribution in [0.4, 0.5) is 0 Å². The highest BCUT2D eigenvalue weighted by Crippen LogP contribution is 2.22. The SMILES string of the molecule is CCc1sc(C(=O)NNS(=O)(=O)c2cccc(C#N)c2)cc1C. The Hall–Kier alpha value is -2.21. The van der Waals surface area contributed by atoms with E-state index in [1.165, 1.54) is 35.6 Å². The molecule has 0 bridgehead atoms. The van der Waals surface area contributed by atoms with E-state index in [0.29, 0.717) is 4.88 Å². The van der Waals surface area contributed by atoms with E-state index in [2.05, 4.69) is 5.43 Å². The molecule has 6 nitrogen and oxygen atoms in total. The molecule has 120 valence electrons. The molecule has 1 heterocycles. The number of amides is 1. The van der Waals surface area contributed by atoms with E-state index in [4.69, 9.17) is 5.26 Å². The van der Waals surface area contributed by atoms with Gasteiger partial charge in [0.1, 0.15) is 0 Å². The molecule has 0 saturated carbocycles. The van der Waals surface area contributed by atoms with Crippen LogP contribution in [0, 0.1) is 18.3 Å². The first-order valence-corrected chi connectivity index (χ1v) is 9.09. The van der Waals surface area contributed by atoms with Crippen LogP contribution in [0.1, 0.15) is 32.6 Å². The van der Waals surface area contributed by atoms with E-state index in [0.717, 1.165) is 16.9 Å². The summed E-state index contributed by atoms with van der Waals surface area (Å²) in [5.41, 5.74) is 3.42. The normalized spacial score (nSPS) is 11.0. The lowest BCUT2D eigenvalue weighted by molar-refractivity contribution is 0.0949. The molecule has 0 aliphatic carbocycles. The minimum atomic E-state index is -3.93. The Morgan fingerprint density at radius 3 is 2.70 bits per heavy atom. The predicted molar refractivity (Wildman–Crippen MR) is 87.4 cm³/mol. The summed E-state index contributed by atoms with van der Waals surface area (Å²) in [7, 11) is -3.93. The number of nitrogens with zero attached hydrogens (tertiary/aromatic N) is 1. The summed E-state index contributed by atoms with van der Waals surface area (Å²) in [6, 6.07) is 9.14. The van der Waals surface area contributed by atoms with Gasteiger partial charge in [-0.1, -0.05) is 13.0 Å². The largest absolute Gasteiger partial charge is 0.276 e. The summed E-state index contributed by atoms with van der Waals surface area (Å²) in [6.45, 7) is 3.90. The van der Waals surface area contributed by atoms with Gasteiger partial charge < -0.3 is 0 Å². The molecule has 8 heteroatoms. The summed E-state index contributed by atoms with van der Waals surface area (Å²) >= 11 is 1.33. The van der Waals surface area contributed by atoms with Crippen LogP contribution in [-0.2, 0) is 16.4 Å². The first-order chi connectivity index (χ1) is 10.9. The molecule has 23 heavy (non-hydrogen) atoms. The number of sulfonamides is 1. The lowest BCUT2D eigenvalue weighted by Gasteiger charge is -2.07. The van der Waals surface area contributed by atoms with Crippen LogP contribution in [0.5, 0.6) is 0 Å². The number of carbonyl (C=O) groups is 1. The van der Waals surface area contributed by atoms with Crippen molar-refractivity contribution < 1.29 is 13.2 Å². The van der Waals surface area contributed by atoms with Crippen LogP contribution in [0.2, 0.25) is 0 Å². The van der Waals surface area contributed by atoms with Crippen molar-refractivity contribution in [3.63, 3.8) is 0 Å². The molecule has 2 N–H and O–H groups in total. The van der Waals surface area contributed by atoms with Crippen LogP contribution in [0.25, 0.3) is 0 Å². The van der Waals surface area contributed by atoms with Crippen LogP contribution >= 0.6 is 11.3 Å². The molecular formula is C15H15N3O3S2. The smallest absolute Gasteiger partial charge is 0.273 e. The summed E-state index contributed by atoms with van der Waals surface area (Å²) < 4.78 is 24.3. The van der Waals surface area contributed by atoms with Gasteiger partial charge in [0.25, 0.3) is 15.9 Å². The van der Waals surface area contributed by atoms with Gasteiger partial charge in [-0.25, -0.2) is 8.42 Å². The molecule has 2 rings (SSSR count). The Morgan fingerprint density at radius 1 is 1.35 bits per heavy atom. The van der Waals surface area contributed by atoms with Gasteiger partial charge >= 0.3 is 0 Å². The van der Waals surface area contributed by atoms with Gasteiger partial charge in [0.15, 0.2) is 0 Å². The third-order valence-corrected chi connectivity index (χ3v) is 5.76. The Balaban J connectivity index is 2.12. The Labute approximate surface area is 138 Å². The number of thiophene rings is 1. The van der Waals surface area contributed by atoms with Gasteiger partial charge in [-0.2, -0.15) is 5.26 Å². The second-order valence-corrected chi connectivity index (χ2v) is 7.59. The number of hydrogen-bond acceptors (Lipinski definition) is 5. The van der Waals surface area contributed by atoms with E-state index in [9.17, 15) is 13.2 Å². The summed E-state index contributed by atoms with van der Waals surface area (Å²) in [5.74, 6) is -0.516. The lowest BCUT2D eigenvalue weighted by atomic mass is 10.2. The van der Waals surface area contributed by atoms with Crippen molar-refractivity contribution in [3.05, 3.63) is 51.2 Å². The van der Waals surface area contributed by atoms with E-state index >= 15 is 0 Å². The first kappa shape index (κ1) is 17.1. The Bertz CT molecular complexity index is 880. The zero-order valence-corrected chi connectivity index (χ0v) is 14.2. The van der Waals surface area contributed by atoms with Crippen molar-refractivity contribution in [1.82, 2.24) is 10.3 Å². The molecule has 0 saturated heterocycles. The fourth-order valence-electron chi connectivity index (χ4n) is 1.95. The molecule has 0 unspecified atom stereocenters. The molecule has 0 fully saturated rings. The molecule has 1 aromatic carbocycles. The third kappa shape index (κ3) is 3.96. The highest BCUT2D eigenvalue weighted by Gasteiger charge is 2.17. The molecule has 2 aromatic rings. The average Bonchev–Trinajstić information content (AvgIpc) is 2.93. The van der Waals surface area contributed by atoms with Crippen LogP contribution in [0.15, 0.2) is 35.2 Å². The molecule has 1 aromatic heterocycles. The Kier molecular flexibility index (Phi) is 5.15. The van der Waals surface area contributed by atoms with Gasteiger partial charge in [-0.15, -0.1) is 16.2 Å². The minimum Gasteiger partial charge on any atom is -0.273 e. The Morgan fingerprint density at radius 2 is 2.09 bits per heavy atom. The molecule has 0 spiro atoms. The van der Waals surface area contributed by atoms with Gasteiger partial charge in [0, 0.05) is 4.88 Å². The molecule has 1 amide bonds. The molecule has 0 aliphatic rings. The zero-order chi connectivity index (χ0) is 17.0. The standard InChI is InChI=1S/C15H15N3O3S2/c1-3-13-10(2)7-14(22-13)15(19)17-18-23(20,21)12-6-4-5-11(8-12)9-16/h4-8,18H,3H2,1-2H3,(H,17,19). The summed E-state index contributed by atoms with van der Waals surface area (Å²) in [6.07, 6.45) is 0.816. The van der Waals surface area contributed by atoms with Crippen molar-refractivity contribution in [2.75, 3.05) is 0 Å². The van der Waals surface area contributed by atoms with Crippen LogP contribution < -0.4 is 10.3 Å². The van der Waals surface area contributed by atoms with E-state index < -0.39 is 15.9 Å². The fourth-order valence-corrected chi connectivity index (χ4v) is 3.84. The molecule has 0 atom stereocenters. The summed E-state index contributed by atoms with van der Waals surface area (Å²) in [4.78, 5) is 15.5. The quantitative estimate of drug-likeness (QED) is 0.808. The van der Waals surface area contributed by atoms with E-state index in [1.807, 2.05) is 24.7 Å². The maximum atomic E-state index is 12.1. The molecule has 0 radical (unpaired) electrons. The number of aryl methyl sites for hydroxylation is 2. The van der Waals surface area contributed by atoms with Gasteiger partial charge in [-0.05, 0) is 43.2 Å². The lowest BCUT2D eigenvalue weighted by Crippen LogP contribution is -2.41. The number of rotatable bonds is 5. The van der Waals surface area contributed by atoms with Crippen molar-refractivity contribution in [2.24, 2.45) is 0 Å².